The van der Waals surface area contributed by atoms with Gasteiger partial charge in [0.15, 0.2) is 0 Å². The molecule has 5 heteroatoms. The fourth-order valence-electron chi connectivity index (χ4n) is 2.73. The SMILES string of the molecule is Cc1cc(C(C)(C)O)ncc1-c1ccc2ccnc(C(N)=O)c2c1. The van der Waals surface area contributed by atoms with Crippen LogP contribution in [0.4, 0.5) is 0 Å². The van der Waals surface area contributed by atoms with Crippen LogP contribution in [-0.2, 0) is 5.60 Å². The summed E-state index contributed by atoms with van der Waals surface area (Å²) in [6.45, 7) is 5.37. The Morgan fingerprint density at radius 3 is 2.54 bits per heavy atom. The van der Waals surface area contributed by atoms with Crippen LogP contribution in [0.3, 0.4) is 0 Å². The first kappa shape index (κ1) is 16.1. The van der Waals surface area contributed by atoms with Gasteiger partial charge in [-0.2, -0.15) is 0 Å². The number of nitrogens with zero attached hydrogens (tertiary/aromatic N) is 2. The van der Waals surface area contributed by atoms with Crippen molar-refractivity contribution in [3.8, 4) is 11.1 Å². The van der Waals surface area contributed by atoms with E-state index >= 15 is 0 Å². The van der Waals surface area contributed by atoms with Crippen molar-refractivity contribution in [2.24, 2.45) is 5.73 Å². The van der Waals surface area contributed by atoms with Crippen molar-refractivity contribution in [3.05, 3.63) is 59.7 Å². The lowest BCUT2D eigenvalue weighted by molar-refractivity contribution is 0.0738. The minimum Gasteiger partial charge on any atom is -0.384 e. The standard InChI is InChI=1S/C19H19N3O2/c1-11-8-16(19(2,3)24)22-10-15(11)13-5-4-12-6-7-21-17(18(20)23)14(12)9-13/h4-10,24H,1-3H3,(H2,20,23). The van der Waals surface area contributed by atoms with Gasteiger partial charge in [-0.3, -0.25) is 14.8 Å². The van der Waals surface area contributed by atoms with Crippen LogP contribution in [-0.4, -0.2) is 21.0 Å². The molecule has 3 N–H and O–H groups in total. The number of hydrogen-bond donors (Lipinski definition) is 2. The van der Waals surface area contributed by atoms with Crippen molar-refractivity contribution in [3.63, 3.8) is 0 Å². The second-order valence-electron chi connectivity index (χ2n) is 6.40. The molecule has 0 spiro atoms. The Labute approximate surface area is 140 Å². The number of carbonyl (C=O) groups excluding carboxylic acids is 1. The summed E-state index contributed by atoms with van der Waals surface area (Å²) in [4.78, 5) is 20.1. The summed E-state index contributed by atoms with van der Waals surface area (Å²) >= 11 is 0. The first-order valence-electron chi connectivity index (χ1n) is 7.66. The van der Waals surface area contributed by atoms with E-state index in [1.165, 1.54) is 0 Å². The molecule has 0 unspecified atom stereocenters. The molecule has 0 radical (unpaired) electrons. The topological polar surface area (TPSA) is 89.1 Å². The number of pyridine rings is 2. The molecule has 1 amide bonds. The van der Waals surface area contributed by atoms with E-state index in [9.17, 15) is 9.90 Å². The number of aliphatic hydroxyl groups is 1. The van der Waals surface area contributed by atoms with Crippen LogP contribution < -0.4 is 5.73 Å². The van der Waals surface area contributed by atoms with Crippen LogP contribution >= 0.6 is 0 Å². The summed E-state index contributed by atoms with van der Waals surface area (Å²) in [6, 6.07) is 9.52. The van der Waals surface area contributed by atoms with E-state index in [2.05, 4.69) is 9.97 Å². The highest BCUT2D eigenvalue weighted by Crippen LogP contribution is 2.29. The van der Waals surface area contributed by atoms with E-state index in [1.54, 1.807) is 26.2 Å². The quantitative estimate of drug-likeness (QED) is 0.776. The summed E-state index contributed by atoms with van der Waals surface area (Å²) in [5.41, 5.74) is 8.15. The van der Waals surface area contributed by atoms with Gasteiger partial charge in [0.1, 0.15) is 11.3 Å². The molecule has 2 heterocycles. The molecule has 0 fully saturated rings. The highest BCUT2D eigenvalue weighted by Gasteiger charge is 2.19. The minimum atomic E-state index is -0.990. The Kier molecular flexibility index (Phi) is 3.81. The van der Waals surface area contributed by atoms with Gasteiger partial charge in [-0.1, -0.05) is 12.1 Å². The van der Waals surface area contributed by atoms with E-state index in [0.717, 1.165) is 22.1 Å². The number of amides is 1. The fourth-order valence-corrected chi connectivity index (χ4v) is 2.73. The van der Waals surface area contributed by atoms with E-state index < -0.39 is 11.5 Å². The van der Waals surface area contributed by atoms with Gasteiger partial charge in [0.05, 0.1) is 5.69 Å². The van der Waals surface area contributed by atoms with Gasteiger partial charge >= 0.3 is 0 Å². The van der Waals surface area contributed by atoms with Crippen LogP contribution in [0.15, 0.2) is 42.7 Å². The molecule has 122 valence electrons. The lowest BCUT2D eigenvalue weighted by Gasteiger charge is -2.18. The molecule has 3 aromatic rings. The van der Waals surface area contributed by atoms with Crippen molar-refractivity contribution < 1.29 is 9.90 Å². The second kappa shape index (κ2) is 5.69. The van der Waals surface area contributed by atoms with Crippen molar-refractivity contribution in [1.29, 1.82) is 0 Å². The molecular weight excluding hydrogens is 302 g/mol. The van der Waals surface area contributed by atoms with Gasteiger partial charge in [-0.05, 0) is 55.5 Å². The molecule has 5 nitrogen and oxygen atoms in total. The monoisotopic (exact) mass is 321 g/mol. The molecule has 0 bridgehead atoms. The predicted molar refractivity (Wildman–Crippen MR) is 93.5 cm³/mol. The van der Waals surface area contributed by atoms with Crippen LogP contribution in [0.1, 0.15) is 35.6 Å². The Bertz CT molecular complexity index is 943. The lowest BCUT2D eigenvalue weighted by atomic mass is 9.96. The Balaban J connectivity index is 2.17. The van der Waals surface area contributed by atoms with Gasteiger partial charge in [-0.15, -0.1) is 0 Å². The average Bonchev–Trinajstić information content (AvgIpc) is 2.52. The van der Waals surface area contributed by atoms with Crippen molar-refractivity contribution in [2.45, 2.75) is 26.4 Å². The Morgan fingerprint density at radius 2 is 1.92 bits per heavy atom. The summed E-state index contributed by atoms with van der Waals surface area (Å²) in [7, 11) is 0. The number of aromatic nitrogens is 2. The van der Waals surface area contributed by atoms with E-state index in [0.29, 0.717) is 11.1 Å². The predicted octanol–water partition coefficient (Wildman–Crippen LogP) is 2.93. The van der Waals surface area contributed by atoms with Gasteiger partial charge < -0.3 is 10.8 Å². The van der Waals surface area contributed by atoms with Crippen molar-refractivity contribution >= 4 is 16.7 Å². The second-order valence-corrected chi connectivity index (χ2v) is 6.40. The highest BCUT2D eigenvalue weighted by atomic mass is 16.3. The number of primary amides is 1. The maximum Gasteiger partial charge on any atom is 0.267 e. The van der Waals surface area contributed by atoms with Crippen molar-refractivity contribution in [1.82, 2.24) is 9.97 Å². The third kappa shape index (κ3) is 2.86. The fraction of sp³-hybridized carbons (Fsp3) is 0.211. The normalized spacial score (nSPS) is 11.7. The minimum absolute atomic E-state index is 0.257. The maximum atomic E-state index is 11.6. The lowest BCUT2D eigenvalue weighted by Crippen LogP contribution is -2.17. The third-order valence-corrected chi connectivity index (χ3v) is 4.05. The summed E-state index contributed by atoms with van der Waals surface area (Å²) < 4.78 is 0. The Hall–Kier alpha value is -2.79. The molecule has 24 heavy (non-hydrogen) atoms. The molecule has 0 aliphatic carbocycles. The summed E-state index contributed by atoms with van der Waals surface area (Å²) in [5, 5.41) is 11.7. The van der Waals surface area contributed by atoms with Crippen LogP contribution in [0.5, 0.6) is 0 Å². The van der Waals surface area contributed by atoms with Crippen LogP contribution in [0, 0.1) is 6.92 Å². The van der Waals surface area contributed by atoms with Gasteiger partial charge in [0.2, 0.25) is 0 Å². The van der Waals surface area contributed by atoms with Crippen LogP contribution in [0.2, 0.25) is 0 Å². The number of benzene rings is 1. The number of fused-ring (bicyclic) bond motifs is 1. The number of carbonyl (C=O) groups is 1. The molecule has 0 aliphatic heterocycles. The van der Waals surface area contributed by atoms with E-state index in [1.807, 2.05) is 37.3 Å². The van der Waals surface area contributed by atoms with E-state index in [4.69, 9.17) is 5.73 Å². The largest absolute Gasteiger partial charge is 0.384 e. The third-order valence-electron chi connectivity index (χ3n) is 4.05. The molecule has 1 aromatic carbocycles. The highest BCUT2D eigenvalue weighted by molar-refractivity contribution is 6.05. The Morgan fingerprint density at radius 1 is 1.17 bits per heavy atom. The zero-order valence-electron chi connectivity index (χ0n) is 13.9. The first-order chi connectivity index (χ1) is 11.3. The molecule has 0 aliphatic rings. The maximum absolute atomic E-state index is 11.6. The smallest absolute Gasteiger partial charge is 0.267 e. The number of rotatable bonds is 3. The molecule has 3 rings (SSSR count). The number of nitrogens with two attached hydrogens (primary N) is 1. The van der Waals surface area contributed by atoms with E-state index in [-0.39, 0.29) is 5.69 Å². The van der Waals surface area contributed by atoms with Gasteiger partial charge in [0, 0.05) is 23.3 Å². The molecule has 0 atom stereocenters. The number of hydrogen-bond acceptors (Lipinski definition) is 4. The van der Waals surface area contributed by atoms with Crippen LogP contribution in [0.25, 0.3) is 21.9 Å². The summed E-state index contributed by atoms with van der Waals surface area (Å²) in [5.74, 6) is -0.551. The number of aryl methyl sites for hydroxylation is 1. The molecule has 2 aromatic heterocycles. The zero-order valence-corrected chi connectivity index (χ0v) is 13.9. The van der Waals surface area contributed by atoms with Crippen molar-refractivity contribution in [2.75, 3.05) is 0 Å². The zero-order chi connectivity index (χ0) is 17.5. The molecular formula is C19H19N3O2. The van der Waals surface area contributed by atoms with Gasteiger partial charge in [0.25, 0.3) is 5.91 Å². The first-order valence-corrected chi connectivity index (χ1v) is 7.66. The molecule has 0 saturated heterocycles. The van der Waals surface area contributed by atoms with Gasteiger partial charge in [-0.25, -0.2) is 0 Å². The average molecular weight is 321 g/mol. The molecule has 0 saturated carbocycles. The summed E-state index contributed by atoms with van der Waals surface area (Å²) in [6.07, 6.45) is 3.32.